The fraction of sp³-hybridized carbons (Fsp3) is 0.333. The average Bonchev–Trinajstić information content (AvgIpc) is 2.27. The molecule has 1 aliphatic heterocycles. The van der Waals surface area contributed by atoms with Crippen LogP contribution in [0.2, 0.25) is 0 Å². The molecule has 1 aliphatic rings. The van der Waals surface area contributed by atoms with E-state index in [1.54, 1.807) is 0 Å². The van der Waals surface area contributed by atoms with Gasteiger partial charge in [0.05, 0.1) is 0 Å². The van der Waals surface area contributed by atoms with Gasteiger partial charge in [-0.3, -0.25) is 0 Å². The van der Waals surface area contributed by atoms with Crippen LogP contribution in [0.1, 0.15) is 20.3 Å². The van der Waals surface area contributed by atoms with Gasteiger partial charge >= 0.3 is 0 Å². The summed E-state index contributed by atoms with van der Waals surface area (Å²) in [5.74, 6) is 2.60. The molecule has 0 N–H and O–H groups in total. The Bertz CT molecular complexity index is 366. The van der Waals surface area contributed by atoms with E-state index in [0.717, 1.165) is 23.7 Å². The lowest BCUT2D eigenvalue weighted by Gasteiger charge is -2.21. The summed E-state index contributed by atoms with van der Waals surface area (Å²) in [5, 5.41) is 0. The van der Waals surface area contributed by atoms with Gasteiger partial charge in [-0.2, -0.15) is 0 Å². The van der Waals surface area contributed by atoms with Crippen LogP contribution < -0.4 is 9.47 Å². The number of para-hydroxylation sites is 2. The van der Waals surface area contributed by atoms with Crippen LogP contribution in [0.3, 0.4) is 0 Å². The summed E-state index contributed by atoms with van der Waals surface area (Å²) in [6.45, 7) is 4.75. The van der Waals surface area contributed by atoms with E-state index in [1.165, 1.54) is 5.57 Å². The monoisotopic (exact) mass is 190 g/mol. The minimum atomic E-state index is 0.552. The molecule has 0 aromatic heterocycles. The smallest absolute Gasteiger partial charge is 0.168 e. The van der Waals surface area contributed by atoms with E-state index in [4.69, 9.17) is 9.47 Å². The molecule has 0 aliphatic carbocycles. The van der Waals surface area contributed by atoms with E-state index in [-0.39, 0.29) is 0 Å². The second-order valence-electron chi connectivity index (χ2n) is 3.39. The highest BCUT2D eigenvalue weighted by Gasteiger charge is 2.15. The maximum atomic E-state index is 5.74. The summed E-state index contributed by atoms with van der Waals surface area (Å²) < 4.78 is 11.3. The lowest BCUT2D eigenvalue weighted by molar-refractivity contribution is 0.228. The van der Waals surface area contributed by atoms with Crippen molar-refractivity contribution in [2.24, 2.45) is 0 Å². The van der Waals surface area contributed by atoms with Gasteiger partial charge in [0.15, 0.2) is 11.5 Å². The first-order valence-electron chi connectivity index (χ1n) is 4.89. The van der Waals surface area contributed by atoms with Crippen LogP contribution in [-0.2, 0) is 0 Å². The van der Waals surface area contributed by atoms with Gasteiger partial charge in [0.25, 0.3) is 0 Å². The van der Waals surface area contributed by atoms with Crippen LogP contribution in [-0.4, -0.2) is 6.61 Å². The van der Waals surface area contributed by atoms with Crippen LogP contribution in [0, 0.1) is 0 Å². The Morgan fingerprint density at radius 2 is 2.00 bits per heavy atom. The molecule has 1 aromatic carbocycles. The molecular weight excluding hydrogens is 176 g/mol. The van der Waals surface area contributed by atoms with E-state index in [0.29, 0.717) is 6.61 Å². The zero-order valence-corrected chi connectivity index (χ0v) is 8.54. The van der Waals surface area contributed by atoms with Gasteiger partial charge < -0.3 is 9.47 Å². The van der Waals surface area contributed by atoms with Gasteiger partial charge in [-0.25, -0.2) is 0 Å². The number of fused-ring (bicyclic) bond motifs is 1. The zero-order valence-electron chi connectivity index (χ0n) is 8.54. The van der Waals surface area contributed by atoms with Gasteiger partial charge in [-0.1, -0.05) is 19.1 Å². The SMILES string of the molecule is CC/C(C)=C1/COc2ccccc2O1. The van der Waals surface area contributed by atoms with E-state index in [1.807, 2.05) is 24.3 Å². The summed E-state index contributed by atoms with van der Waals surface area (Å²) in [6, 6.07) is 7.75. The van der Waals surface area contributed by atoms with Crippen molar-refractivity contribution in [3.05, 3.63) is 35.6 Å². The van der Waals surface area contributed by atoms with Crippen LogP contribution in [0.5, 0.6) is 11.5 Å². The van der Waals surface area contributed by atoms with Crippen LogP contribution in [0.25, 0.3) is 0 Å². The van der Waals surface area contributed by atoms with E-state index in [2.05, 4.69) is 13.8 Å². The van der Waals surface area contributed by atoms with Crippen molar-refractivity contribution in [3.63, 3.8) is 0 Å². The fourth-order valence-electron chi connectivity index (χ4n) is 1.37. The molecule has 0 radical (unpaired) electrons. The first kappa shape index (κ1) is 9.13. The highest BCUT2D eigenvalue weighted by Crippen LogP contribution is 2.33. The summed E-state index contributed by atoms with van der Waals surface area (Å²) in [7, 11) is 0. The number of rotatable bonds is 1. The number of benzene rings is 1. The molecule has 0 amide bonds. The summed E-state index contributed by atoms with van der Waals surface area (Å²) in [4.78, 5) is 0. The topological polar surface area (TPSA) is 18.5 Å². The first-order valence-corrected chi connectivity index (χ1v) is 4.89. The third kappa shape index (κ3) is 1.60. The van der Waals surface area contributed by atoms with E-state index < -0.39 is 0 Å². The molecule has 1 aromatic rings. The quantitative estimate of drug-likeness (QED) is 0.677. The molecular formula is C12H14O2. The lowest BCUT2D eigenvalue weighted by atomic mass is 10.2. The molecule has 2 rings (SSSR count). The van der Waals surface area contributed by atoms with Crippen molar-refractivity contribution in [1.82, 2.24) is 0 Å². The molecule has 1 heterocycles. The number of hydrogen-bond acceptors (Lipinski definition) is 2. The van der Waals surface area contributed by atoms with Gasteiger partial charge in [0.1, 0.15) is 12.4 Å². The lowest BCUT2D eigenvalue weighted by Crippen LogP contribution is -2.15. The number of ether oxygens (including phenoxy) is 2. The van der Waals surface area contributed by atoms with E-state index in [9.17, 15) is 0 Å². The molecule has 0 saturated carbocycles. The molecule has 2 nitrogen and oxygen atoms in total. The molecule has 0 fully saturated rings. The van der Waals surface area contributed by atoms with Crippen molar-refractivity contribution in [3.8, 4) is 11.5 Å². The van der Waals surface area contributed by atoms with Crippen LogP contribution in [0.15, 0.2) is 35.6 Å². The normalized spacial score (nSPS) is 17.9. The van der Waals surface area contributed by atoms with Gasteiger partial charge in [-0.05, 0) is 31.1 Å². The van der Waals surface area contributed by atoms with Gasteiger partial charge in [0.2, 0.25) is 0 Å². The Balaban J connectivity index is 2.30. The second-order valence-corrected chi connectivity index (χ2v) is 3.39. The number of hydrogen-bond donors (Lipinski definition) is 0. The molecule has 0 bridgehead atoms. The van der Waals surface area contributed by atoms with Crippen molar-refractivity contribution in [2.45, 2.75) is 20.3 Å². The van der Waals surface area contributed by atoms with Crippen LogP contribution in [0.4, 0.5) is 0 Å². The minimum Gasteiger partial charge on any atom is -0.482 e. The Morgan fingerprint density at radius 1 is 1.29 bits per heavy atom. The van der Waals surface area contributed by atoms with Gasteiger partial charge in [-0.15, -0.1) is 0 Å². The maximum Gasteiger partial charge on any atom is 0.168 e. The standard InChI is InChI=1S/C12H14O2/c1-3-9(2)12-8-13-10-6-4-5-7-11(10)14-12/h4-7H,3,8H2,1-2H3/b12-9-. The number of allylic oxidation sites excluding steroid dienone is 1. The molecule has 0 atom stereocenters. The third-order valence-corrected chi connectivity index (χ3v) is 2.45. The van der Waals surface area contributed by atoms with Crippen molar-refractivity contribution >= 4 is 0 Å². The van der Waals surface area contributed by atoms with Crippen molar-refractivity contribution < 1.29 is 9.47 Å². The summed E-state index contributed by atoms with van der Waals surface area (Å²) in [5.41, 5.74) is 1.25. The zero-order chi connectivity index (χ0) is 9.97. The second kappa shape index (κ2) is 3.74. The van der Waals surface area contributed by atoms with Gasteiger partial charge in [0, 0.05) is 0 Å². The highest BCUT2D eigenvalue weighted by molar-refractivity contribution is 5.42. The first-order chi connectivity index (χ1) is 6.81. The Hall–Kier alpha value is -1.44. The van der Waals surface area contributed by atoms with Crippen LogP contribution >= 0.6 is 0 Å². The maximum absolute atomic E-state index is 5.74. The van der Waals surface area contributed by atoms with Crippen molar-refractivity contribution in [2.75, 3.05) is 6.61 Å². The fourth-order valence-corrected chi connectivity index (χ4v) is 1.37. The summed E-state index contributed by atoms with van der Waals surface area (Å²) >= 11 is 0. The molecule has 14 heavy (non-hydrogen) atoms. The summed E-state index contributed by atoms with van der Waals surface area (Å²) in [6.07, 6.45) is 1.00. The van der Waals surface area contributed by atoms with Crippen molar-refractivity contribution in [1.29, 1.82) is 0 Å². The molecule has 0 saturated heterocycles. The third-order valence-electron chi connectivity index (χ3n) is 2.45. The Kier molecular flexibility index (Phi) is 2.44. The average molecular weight is 190 g/mol. The molecule has 0 unspecified atom stereocenters. The van der Waals surface area contributed by atoms with E-state index >= 15 is 0 Å². The minimum absolute atomic E-state index is 0.552. The molecule has 74 valence electrons. The highest BCUT2D eigenvalue weighted by atomic mass is 16.6. The molecule has 2 heteroatoms. The predicted octanol–water partition coefficient (Wildman–Crippen LogP) is 3.14. The molecule has 0 spiro atoms. The largest absolute Gasteiger partial charge is 0.482 e. The Labute approximate surface area is 84.2 Å². The Morgan fingerprint density at radius 3 is 2.71 bits per heavy atom. The predicted molar refractivity (Wildman–Crippen MR) is 55.6 cm³/mol.